The summed E-state index contributed by atoms with van der Waals surface area (Å²) in [7, 11) is 0. The van der Waals surface area contributed by atoms with Crippen LogP contribution >= 0.6 is 0 Å². The molecule has 2 amide bonds. The number of aryl methyl sites for hydroxylation is 1. The Morgan fingerprint density at radius 1 is 1.35 bits per heavy atom. The van der Waals surface area contributed by atoms with Gasteiger partial charge in [-0.15, -0.1) is 0 Å². The molecule has 0 aliphatic carbocycles. The first kappa shape index (κ1) is 15.4. The molecule has 1 aromatic heterocycles. The van der Waals surface area contributed by atoms with Crippen LogP contribution in [-0.2, 0) is 16.1 Å². The number of rotatable bonds is 7. The summed E-state index contributed by atoms with van der Waals surface area (Å²) in [6.07, 6.45) is -0.569. The van der Waals surface area contributed by atoms with Gasteiger partial charge in [0, 0.05) is 13.3 Å². The molecule has 1 aromatic rings. The fraction of sp³-hybridized carbons (Fsp3) is 0.500. The Bertz CT molecular complexity index is 500. The second-order valence-electron chi connectivity index (χ2n) is 3.88. The highest BCUT2D eigenvalue weighted by molar-refractivity contribution is 5.82. The number of urea groups is 1. The van der Waals surface area contributed by atoms with Gasteiger partial charge in [0.1, 0.15) is 6.04 Å². The zero-order valence-corrected chi connectivity index (χ0v) is 10.6. The minimum Gasteiger partial charge on any atom is -0.481 e. The monoisotopic (exact) mass is 286 g/mol. The molecule has 0 saturated carbocycles. The molecule has 0 aliphatic rings. The van der Waals surface area contributed by atoms with Crippen LogP contribution in [-0.4, -0.2) is 44.4 Å². The van der Waals surface area contributed by atoms with Crippen LogP contribution in [0.2, 0.25) is 0 Å². The molecule has 0 bridgehead atoms. The van der Waals surface area contributed by atoms with Crippen LogP contribution in [0.3, 0.4) is 0 Å². The lowest BCUT2D eigenvalue weighted by molar-refractivity contribution is -0.140. The van der Waals surface area contributed by atoms with Gasteiger partial charge in [0.2, 0.25) is 5.89 Å². The zero-order valence-electron chi connectivity index (χ0n) is 10.6. The van der Waals surface area contributed by atoms with E-state index in [4.69, 9.17) is 10.2 Å². The molecule has 0 saturated heterocycles. The van der Waals surface area contributed by atoms with Gasteiger partial charge in [-0.2, -0.15) is 4.98 Å². The number of hydrogen-bond acceptors (Lipinski definition) is 6. The number of aliphatic carboxylic acids is 2. The molecule has 0 aliphatic heterocycles. The lowest BCUT2D eigenvalue weighted by atomic mass is 10.1. The molecule has 1 rings (SSSR count). The van der Waals surface area contributed by atoms with Crippen molar-refractivity contribution in [2.24, 2.45) is 0 Å². The molecule has 10 heteroatoms. The van der Waals surface area contributed by atoms with Crippen LogP contribution in [0, 0.1) is 6.92 Å². The standard InChI is InChI=1S/C10H14N4O6/c1-5-12-7(14-20-5)4-11-10(19)13-6(9(17)18)2-3-8(15)16/h6H,2-4H2,1H3,(H,15,16)(H,17,18)(H2,11,13,19). The van der Waals surface area contributed by atoms with Crippen molar-refractivity contribution in [3.8, 4) is 0 Å². The first-order valence-corrected chi connectivity index (χ1v) is 5.66. The maximum atomic E-state index is 11.5. The maximum absolute atomic E-state index is 11.5. The van der Waals surface area contributed by atoms with Crippen LogP contribution in [0.4, 0.5) is 4.79 Å². The highest BCUT2D eigenvalue weighted by Crippen LogP contribution is 1.98. The first-order chi connectivity index (χ1) is 9.38. The van der Waals surface area contributed by atoms with E-state index < -0.39 is 24.0 Å². The van der Waals surface area contributed by atoms with Gasteiger partial charge in [0.05, 0.1) is 6.54 Å². The quantitative estimate of drug-likeness (QED) is 0.522. The molecule has 10 nitrogen and oxygen atoms in total. The Morgan fingerprint density at radius 3 is 2.55 bits per heavy atom. The summed E-state index contributed by atoms with van der Waals surface area (Å²) < 4.78 is 4.69. The molecule has 0 aromatic carbocycles. The van der Waals surface area contributed by atoms with Crippen molar-refractivity contribution in [2.45, 2.75) is 32.4 Å². The van der Waals surface area contributed by atoms with Crippen LogP contribution in [0.15, 0.2) is 4.52 Å². The summed E-state index contributed by atoms with van der Waals surface area (Å²) in [6, 6.07) is -2.04. The number of carbonyl (C=O) groups is 3. The predicted octanol–water partition coefficient (Wildman–Crippen LogP) is -0.505. The number of carboxylic acid groups (broad SMARTS) is 2. The van der Waals surface area contributed by atoms with Crippen molar-refractivity contribution in [2.75, 3.05) is 0 Å². The summed E-state index contributed by atoms with van der Waals surface area (Å²) in [5.41, 5.74) is 0. The number of nitrogens with zero attached hydrogens (tertiary/aromatic N) is 2. The van der Waals surface area contributed by atoms with E-state index in [1.54, 1.807) is 6.92 Å². The SMILES string of the molecule is Cc1nc(CNC(=O)NC(CCC(=O)O)C(=O)O)no1. The van der Waals surface area contributed by atoms with E-state index in [1.165, 1.54) is 0 Å². The molecule has 0 fully saturated rings. The second kappa shape index (κ2) is 7.07. The molecular formula is C10H14N4O6. The van der Waals surface area contributed by atoms with Crippen molar-refractivity contribution in [1.29, 1.82) is 0 Å². The van der Waals surface area contributed by atoms with E-state index in [0.717, 1.165) is 0 Å². The molecule has 4 N–H and O–H groups in total. The maximum Gasteiger partial charge on any atom is 0.326 e. The fourth-order valence-corrected chi connectivity index (χ4v) is 1.31. The van der Waals surface area contributed by atoms with Gasteiger partial charge >= 0.3 is 18.0 Å². The van der Waals surface area contributed by atoms with Crippen LogP contribution < -0.4 is 10.6 Å². The van der Waals surface area contributed by atoms with Crippen molar-refractivity contribution in [3.63, 3.8) is 0 Å². The van der Waals surface area contributed by atoms with Crippen molar-refractivity contribution < 1.29 is 29.1 Å². The third-order valence-corrected chi connectivity index (χ3v) is 2.23. The summed E-state index contributed by atoms with van der Waals surface area (Å²) in [4.78, 5) is 36.5. The minimum absolute atomic E-state index is 0.0333. The van der Waals surface area contributed by atoms with Gasteiger partial charge in [0.25, 0.3) is 0 Å². The Labute approximate surface area is 113 Å². The summed E-state index contributed by atoms with van der Waals surface area (Å²) in [6.45, 7) is 1.55. The number of aromatic nitrogens is 2. The van der Waals surface area contributed by atoms with E-state index in [1.807, 2.05) is 0 Å². The molecule has 1 atom stereocenters. The Kier molecular flexibility index (Phi) is 5.44. The predicted molar refractivity (Wildman–Crippen MR) is 62.7 cm³/mol. The number of carbonyl (C=O) groups excluding carboxylic acids is 1. The average Bonchev–Trinajstić information content (AvgIpc) is 2.77. The van der Waals surface area contributed by atoms with Crippen molar-refractivity contribution in [3.05, 3.63) is 11.7 Å². The highest BCUT2D eigenvalue weighted by Gasteiger charge is 2.20. The Hall–Kier alpha value is -2.65. The smallest absolute Gasteiger partial charge is 0.326 e. The van der Waals surface area contributed by atoms with Gasteiger partial charge in [0.15, 0.2) is 5.82 Å². The third kappa shape index (κ3) is 5.33. The normalized spacial score (nSPS) is 11.7. The van der Waals surface area contributed by atoms with Gasteiger partial charge in [-0.25, -0.2) is 9.59 Å². The van der Waals surface area contributed by atoms with Crippen LogP contribution in [0.1, 0.15) is 24.6 Å². The number of hydrogen-bond donors (Lipinski definition) is 4. The zero-order chi connectivity index (χ0) is 15.1. The molecule has 1 unspecified atom stereocenters. The lowest BCUT2D eigenvalue weighted by Gasteiger charge is -2.13. The number of carboxylic acids is 2. The average molecular weight is 286 g/mol. The first-order valence-electron chi connectivity index (χ1n) is 5.66. The third-order valence-electron chi connectivity index (χ3n) is 2.23. The van der Waals surface area contributed by atoms with Crippen LogP contribution in [0.5, 0.6) is 0 Å². The fourth-order valence-electron chi connectivity index (χ4n) is 1.31. The molecule has 110 valence electrons. The van der Waals surface area contributed by atoms with E-state index in [2.05, 4.69) is 25.3 Å². The van der Waals surface area contributed by atoms with Crippen molar-refractivity contribution >= 4 is 18.0 Å². The molecule has 0 radical (unpaired) electrons. The van der Waals surface area contributed by atoms with Gasteiger partial charge in [-0.3, -0.25) is 4.79 Å². The molecular weight excluding hydrogens is 272 g/mol. The number of nitrogens with one attached hydrogen (secondary N) is 2. The molecule has 0 spiro atoms. The van der Waals surface area contributed by atoms with Crippen molar-refractivity contribution in [1.82, 2.24) is 20.8 Å². The van der Waals surface area contributed by atoms with Crippen LogP contribution in [0.25, 0.3) is 0 Å². The Morgan fingerprint density at radius 2 is 2.05 bits per heavy atom. The summed E-state index contributed by atoms with van der Waals surface area (Å²) in [5.74, 6) is -1.86. The second-order valence-corrected chi connectivity index (χ2v) is 3.88. The van der Waals surface area contributed by atoms with E-state index in [9.17, 15) is 14.4 Å². The summed E-state index contributed by atoms with van der Waals surface area (Å²) in [5, 5.41) is 25.4. The molecule has 1 heterocycles. The van der Waals surface area contributed by atoms with E-state index in [-0.39, 0.29) is 25.2 Å². The highest BCUT2D eigenvalue weighted by atomic mass is 16.5. The lowest BCUT2D eigenvalue weighted by Crippen LogP contribution is -2.46. The molecule has 20 heavy (non-hydrogen) atoms. The van der Waals surface area contributed by atoms with Gasteiger partial charge in [-0.05, 0) is 6.42 Å². The van der Waals surface area contributed by atoms with E-state index >= 15 is 0 Å². The van der Waals surface area contributed by atoms with Gasteiger partial charge < -0.3 is 25.4 Å². The van der Waals surface area contributed by atoms with Gasteiger partial charge in [-0.1, -0.05) is 5.16 Å². The van der Waals surface area contributed by atoms with E-state index in [0.29, 0.717) is 5.89 Å². The summed E-state index contributed by atoms with van der Waals surface area (Å²) >= 11 is 0. The topological polar surface area (TPSA) is 155 Å². The minimum atomic E-state index is -1.31. The number of amides is 2. The largest absolute Gasteiger partial charge is 0.481 e. The Balaban J connectivity index is 2.41.